The highest BCUT2D eigenvalue weighted by Crippen LogP contribution is 2.11. The van der Waals surface area contributed by atoms with Crippen molar-refractivity contribution in [3.05, 3.63) is 29.8 Å². The number of nitrogens with one attached hydrogen (secondary N) is 1. The number of ether oxygens (including phenoxy) is 1. The van der Waals surface area contributed by atoms with Crippen LogP contribution in [0.15, 0.2) is 24.3 Å². The van der Waals surface area contributed by atoms with Crippen LogP contribution in [-0.4, -0.2) is 30.3 Å². The summed E-state index contributed by atoms with van der Waals surface area (Å²) in [7, 11) is 0. The van der Waals surface area contributed by atoms with E-state index >= 15 is 0 Å². The van der Waals surface area contributed by atoms with Crippen LogP contribution < -0.4 is 10.1 Å². The lowest BCUT2D eigenvalue weighted by molar-refractivity contribution is 0.0697. The predicted molar refractivity (Wildman–Crippen MR) is 62.0 cm³/mol. The van der Waals surface area contributed by atoms with Gasteiger partial charge >= 0.3 is 5.97 Å². The maximum Gasteiger partial charge on any atom is 0.335 e. The molecule has 1 aromatic carbocycles. The number of rotatable bonds is 6. The molecule has 88 valence electrons. The normalized spacial score (nSPS) is 10.4. The fraction of sp³-hybridized carbons (Fsp3) is 0.417. The van der Waals surface area contributed by atoms with Crippen LogP contribution in [0.5, 0.6) is 5.75 Å². The van der Waals surface area contributed by atoms with E-state index in [1.165, 1.54) is 12.1 Å². The van der Waals surface area contributed by atoms with Gasteiger partial charge in [0.2, 0.25) is 0 Å². The van der Waals surface area contributed by atoms with E-state index in [9.17, 15) is 4.79 Å². The molecule has 0 spiro atoms. The zero-order valence-electron chi connectivity index (χ0n) is 9.56. The van der Waals surface area contributed by atoms with E-state index in [0.29, 0.717) is 18.4 Å². The first-order chi connectivity index (χ1) is 7.59. The summed E-state index contributed by atoms with van der Waals surface area (Å²) in [4.78, 5) is 10.6. The van der Waals surface area contributed by atoms with E-state index in [2.05, 4.69) is 19.2 Å². The van der Waals surface area contributed by atoms with Gasteiger partial charge in [-0.2, -0.15) is 0 Å². The zero-order valence-corrected chi connectivity index (χ0v) is 9.56. The van der Waals surface area contributed by atoms with Gasteiger partial charge in [-0.05, 0) is 24.3 Å². The van der Waals surface area contributed by atoms with Crippen molar-refractivity contribution in [3.63, 3.8) is 0 Å². The molecular weight excluding hydrogens is 206 g/mol. The van der Waals surface area contributed by atoms with E-state index in [-0.39, 0.29) is 5.56 Å². The smallest absolute Gasteiger partial charge is 0.335 e. The minimum atomic E-state index is -0.923. The molecule has 0 aliphatic carbocycles. The molecule has 1 rings (SSSR count). The number of hydrogen-bond acceptors (Lipinski definition) is 3. The van der Waals surface area contributed by atoms with Gasteiger partial charge < -0.3 is 15.2 Å². The largest absolute Gasteiger partial charge is 0.492 e. The van der Waals surface area contributed by atoms with Crippen LogP contribution in [0, 0.1) is 0 Å². The van der Waals surface area contributed by atoms with Gasteiger partial charge in [-0.25, -0.2) is 4.79 Å². The molecule has 0 saturated carbocycles. The maximum absolute atomic E-state index is 10.6. The van der Waals surface area contributed by atoms with Crippen LogP contribution in [0.25, 0.3) is 0 Å². The van der Waals surface area contributed by atoms with Gasteiger partial charge in [0.05, 0.1) is 5.56 Å². The first-order valence-electron chi connectivity index (χ1n) is 5.29. The lowest BCUT2D eigenvalue weighted by atomic mass is 10.2. The molecule has 1 aromatic rings. The number of hydrogen-bond donors (Lipinski definition) is 2. The van der Waals surface area contributed by atoms with Gasteiger partial charge in [-0.3, -0.25) is 0 Å². The summed E-state index contributed by atoms with van der Waals surface area (Å²) in [5, 5.41) is 11.9. The van der Waals surface area contributed by atoms with Crippen molar-refractivity contribution >= 4 is 5.97 Å². The van der Waals surface area contributed by atoms with Crippen molar-refractivity contribution in [3.8, 4) is 5.75 Å². The monoisotopic (exact) mass is 223 g/mol. The second kappa shape index (κ2) is 6.12. The third-order valence-corrected chi connectivity index (χ3v) is 2.02. The van der Waals surface area contributed by atoms with Gasteiger partial charge in [-0.1, -0.05) is 13.8 Å². The van der Waals surface area contributed by atoms with Crippen LogP contribution >= 0.6 is 0 Å². The standard InChI is InChI=1S/C12H17NO3/c1-9(2)13-7-8-16-11-5-3-10(4-6-11)12(14)15/h3-6,9,13H,7-8H2,1-2H3,(H,14,15). The molecule has 4 nitrogen and oxygen atoms in total. The molecule has 0 atom stereocenters. The molecule has 0 aliphatic rings. The molecule has 16 heavy (non-hydrogen) atoms. The fourth-order valence-corrected chi connectivity index (χ4v) is 1.21. The first-order valence-corrected chi connectivity index (χ1v) is 5.29. The molecule has 2 N–H and O–H groups in total. The van der Waals surface area contributed by atoms with Gasteiger partial charge in [0.25, 0.3) is 0 Å². The Morgan fingerprint density at radius 3 is 2.50 bits per heavy atom. The molecule has 4 heteroatoms. The number of benzene rings is 1. The number of aromatic carboxylic acids is 1. The number of carboxylic acids is 1. The Balaban J connectivity index is 2.35. The second-order valence-electron chi connectivity index (χ2n) is 3.79. The molecule has 0 heterocycles. The Kier molecular flexibility index (Phi) is 4.79. The summed E-state index contributed by atoms with van der Waals surface area (Å²) < 4.78 is 5.44. The topological polar surface area (TPSA) is 58.6 Å². The molecule has 0 bridgehead atoms. The Morgan fingerprint density at radius 1 is 1.38 bits per heavy atom. The SMILES string of the molecule is CC(C)NCCOc1ccc(C(=O)O)cc1. The van der Waals surface area contributed by atoms with Crippen LogP contribution in [0.4, 0.5) is 0 Å². The maximum atomic E-state index is 10.6. The lowest BCUT2D eigenvalue weighted by Crippen LogP contribution is -2.27. The summed E-state index contributed by atoms with van der Waals surface area (Å²) in [6, 6.07) is 6.84. The van der Waals surface area contributed by atoms with Crippen LogP contribution in [0.2, 0.25) is 0 Å². The summed E-state index contributed by atoms with van der Waals surface area (Å²) in [6.07, 6.45) is 0. The highest BCUT2D eigenvalue weighted by molar-refractivity contribution is 5.87. The lowest BCUT2D eigenvalue weighted by Gasteiger charge is -2.09. The molecule has 0 aromatic heterocycles. The van der Waals surface area contributed by atoms with Crippen molar-refractivity contribution in [2.75, 3.05) is 13.2 Å². The number of carbonyl (C=O) groups is 1. The highest BCUT2D eigenvalue weighted by atomic mass is 16.5. The van der Waals surface area contributed by atoms with Crippen molar-refractivity contribution in [2.24, 2.45) is 0 Å². The Labute approximate surface area is 95.2 Å². The molecule has 0 fully saturated rings. The minimum absolute atomic E-state index is 0.271. The van der Waals surface area contributed by atoms with Crippen molar-refractivity contribution in [1.82, 2.24) is 5.32 Å². The van der Waals surface area contributed by atoms with Crippen molar-refractivity contribution in [1.29, 1.82) is 0 Å². The van der Waals surface area contributed by atoms with E-state index in [1.54, 1.807) is 12.1 Å². The second-order valence-corrected chi connectivity index (χ2v) is 3.79. The first kappa shape index (κ1) is 12.5. The zero-order chi connectivity index (χ0) is 12.0. The Morgan fingerprint density at radius 2 is 2.00 bits per heavy atom. The van der Waals surface area contributed by atoms with Crippen LogP contribution in [0.1, 0.15) is 24.2 Å². The molecule has 0 saturated heterocycles. The van der Waals surface area contributed by atoms with Gasteiger partial charge in [0, 0.05) is 12.6 Å². The third kappa shape index (κ3) is 4.31. The summed E-state index contributed by atoms with van der Waals surface area (Å²) >= 11 is 0. The molecular formula is C12H17NO3. The predicted octanol–water partition coefficient (Wildman–Crippen LogP) is 1.76. The molecule has 0 aliphatic heterocycles. The molecule has 0 amide bonds. The Hall–Kier alpha value is -1.55. The van der Waals surface area contributed by atoms with Crippen molar-refractivity contribution < 1.29 is 14.6 Å². The van der Waals surface area contributed by atoms with Gasteiger partial charge in [0.1, 0.15) is 12.4 Å². The highest BCUT2D eigenvalue weighted by Gasteiger charge is 2.01. The van der Waals surface area contributed by atoms with Crippen LogP contribution in [0.3, 0.4) is 0 Å². The summed E-state index contributed by atoms with van der Waals surface area (Å²) in [6.45, 7) is 5.49. The summed E-state index contributed by atoms with van der Waals surface area (Å²) in [5.41, 5.74) is 0.271. The van der Waals surface area contributed by atoms with Crippen molar-refractivity contribution in [2.45, 2.75) is 19.9 Å². The fourth-order valence-electron chi connectivity index (χ4n) is 1.21. The molecule has 0 unspecified atom stereocenters. The van der Waals surface area contributed by atoms with E-state index in [4.69, 9.17) is 9.84 Å². The average molecular weight is 223 g/mol. The third-order valence-electron chi connectivity index (χ3n) is 2.02. The van der Waals surface area contributed by atoms with E-state index in [1.807, 2.05) is 0 Å². The van der Waals surface area contributed by atoms with Gasteiger partial charge in [-0.15, -0.1) is 0 Å². The minimum Gasteiger partial charge on any atom is -0.492 e. The molecule has 0 radical (unpaired) electrons. The average Bonchev–Trinajstić information content (AvgIpc) is 2.25. The van der Waals surface area contributed by atoms with E-state index in [0.717, 1.165) is 6.54 Å². The van der Waals surface area contributed by atoms with E-state index < -0.39 is 5.97 Å². The summed E-state index contributed by atoms with van der Waals surface area (Å²) in [5.74, 6) is -0.233. The Bertz CT molecular complexity index is 333. The van der Waals surface area contributed by atoms with Gasteiger partial charge in [0.15, 0.2) is 0 Å². The van der Waals surface area contributed by atoms with Crippen LogP contribution in [-0.2, 0) is 0 Å². The number of carboxylic acid groups (broad SMARTS) is 1. The quantitative estimate of drug-likeness (QED) is 0.721.